The number of amides is 2. The molecule has 27 heavy (non-hydrogen) atoms. The topological polar surface area (TPSA) is 77.1 Å². The lowest BCUT2D eigenvalue weighted by molar-refractivity contribution is 0.0827. The highest BCUT2D eigenvalue weighted by atomic mass is 35.5. The minimum Gasteiger partial charge on any atom is -0.493 e. The molecule has 0 saturated heterocycles. The van der Waals surface area contributed by atoms with Crippen molar-refractivity contribution in [1.29, 1.82) is 0 Å². The average molecular weight is 393 g/mol. The summed E-state index contributed by atoms with van der Waals surface area (Å²) in [7, 11) is 7.70. The Morgan fingerprint density at radius 2 is 1.56 bits per heavy atom. The van der Waals surface area contributed by atoms with Crippen LogP contribution in [0.15, 0.2) is 30.3 Å². The zero-order valence-electron chi connectivity index (χ0n) is 15.8. The summed E-state index contributed by atoms with van der Waals surface area (Å²) in [6.07, 6.45) is 0. The van der Waals surface area contributed by atoms with Crippen LogP contribution in [0.2, 0.25) is 5.02 Å². The summed E-state index contributed by atoms with van der Waals surface area (Å²) in [5, 5.41) is 2.98. The van der Waals surface area contributed by atoms with Gasteiger partial charge in [0.15, 0.2) is 11.5 Å². The zero-order chi connectivity index (χ0) is 20.1. The van der Waals surface area contributed by atoms with E-state index in [1.54, 1.807) is 38.4 Å². The molecule has 0 heterocycles. The number of ether oxygens (including phenoxy) is 3. The Morgan fingerprint density at radius 1 is 0.963 bits per heavy atom. The fourth-order valence-corrected chi connectivity index (χ4v) is 2.68. The minimum atomic E-state index is -0.392. The highest BCUT2D eigenvalue weighted by Gasteiger charge is 2.18. The van der Waals surface area contributed by atoms with Crippen molar-refractivity contribution in [3.8, 4) is 17.2 Å². The van der Waals surface area contributed by atoms with Crippen LogP contribution in [0.1, 0.15) is 20.7 Å². The normalized spacial score (nSPS) is 10.1. The molecule has 0 bridgehead atoms. The summed E-state index contributed by atoms with van der Waals surface area (Å²) >= 11 is 6.18. The Kier molecular flexibility index (Phi) is 6.52. The number of rotatable bonds is 6. The number of methoxy groups -OCH3 is 3. The van der Waals surface area contributed by atoms with Crippen molar-refractivity contribution < 1.29 is 23.8 Å². The van der Waals surface area contributed by atoms with Crippen LogP contribution >= 0.6 is 11.6 Å². The second kappa shape index (κ2) is 8.64. The molecule has 0 atom stereocenters. The van der Waals surface area contributed by atoms with Gasteiger partial charge < -0.3 is 24.4 Å². The van der Waals surface area contributed by atoms with E-state index in [1.807, 2.05) is 0 Å². The van der Waals surface area contributed by atoms with Crippen molar-refractivity contribution in [3.63, 3.8) is 0 Å². The molecule has 8 heteroatoms. The molecular formula is C19H21ClN2O5. The third-order valence-electron chi connectivity index (χ3n) is 3.79. The molecule has 7 nitrogen and oxygen atoms in total. The van der Waals surface area contributed by atoms with E-state index in [9.17, 15) is 9.59 Å². The minimum absolute atomic E-state index is 0.220. The van der Waals surface area contributed by atoms with Crippen LogP contribution < -0.4 is 19.5 Å². The maximum Gasteiger partial charge on any atom is 0.255 e. The van der Waals surface area contributed by atoms with Crippen molar-refractivity contribution in [1.82, 2.24) is 4.90 Å². The van der Waals surface area contributed by atoms with Crippen LogP contribution in [0, 0.1) is 0 Å². The van der Waals surface area contributed by atoms with Gasteiger partial charge in [-0.3, -0.25) is 9.59 Å². The Hall–Kier alpha value is -2.93. The van der Waals surface area contributed by atoms with Crippen molar-refractivity contribution >= 4 is 29.1 Å². The number of carbonyl (C=O) groups is 2. The number of anilines is 1. The highest BCUT2D eigenvalue weighted by Crippen LogP contribution is 2.38. The fourth-order valence-electron chi connectivity index (χ4n) is 2.42. The van der Waals surface area contributed by atoms with Crippen molar-refractivity contribution in [2.75, 3.05) is 40.7 Å². The van der Waals surface area contributed by atoms with E-state index in [0.717, 1.165) is 0 Å². The van der Waals surface area contributed by atoms with E-state index in [4.69, 9.17) is 25.8 Å². The van der Waals surface area contributed by atoms with E-state index >= 15 is 0 Å². The summed E-state index contributed by atoms with van der Waals surface area (Å²) in [6.45, 7) is 0. The third-order valence-corrected chi connectivity index (χ3v) is 4.10. The Morgan fingerprint density at radius 3 is 2.00 bits per heavy atom. The molecule has 0 spiro atoms. The van der Waals surface area contributed by atoms with Gasteiger partial charge in [0, 0.05) is 25.3 Å². The van der Waals surface area contributed by atoms with Gasteiger partial charge in [0.05, 0.1) is 31.9 Å². The maximum atomic E-state index is 12.6. The first-order valence-electron chi connectivity index (χ1n) is 7.95. The van der Waals surface area contributed by atoms with Crippen LogP contribution in [0.3, 0.4) is 0 Å². The molecular weight excluding hydrogens is 372 g/mol. The maximum absolute atomic E-state index is 12.6. The lowest BCUT2D eigenvalue weighted by Gasteiger charge is -2.15. The number of nitrogens with zero attached hydrogens (tertiary/aromatic N) is 1. The summed E-state index contributed by atoms with van der Waals surface area (Å²) in [4.78, 5) is 26.1. The first-order valence-corrected chi connectivity index (χ1v) is 8.32. The molecule has 1 N–H and O–H groups in total. The van der Waals surface area contributed by atoms with Crippen LogP contribution in [0.4, 0.5) is 5.69 Å². The van der Waals surface area contributed by atoms with Gasteiger partial charge in [0.1, 0.15) is 0 Å². The van der Waals surface area contributed by atoms with Crippen LogP contribution in [0.25, 0.3) is 0 Å². The van der Waals surface area contributed by atoms with Gasteiger partial charge in [-0.15, -0.1) is 0 Å². The zero-order valence-corrected chi connectivity index (χ0v) is 16.5. The first-order chi connectivity index (χ1) is 12.8. The number of carbonyl (C=O) groups excluding carboxylic acids is 2. The molecule has 144 valence electrons. The molecule has 0 aliphatic heterocycles. The second-order valence-electron chi connectivity index (χ2n) is 5.76. The molecule has 0 radical (unpaired) electrons. The molecule has 0 fully saturated rings. The van der Waals surface area contributed by atoms with E-state index < -0.39 is 5.91 Å². The smallest absolute Gasteiger partial charge is 0.255 e. The molecule has 2 aromatic rings. The summed E-state index contributed by atoms with van der Waals surface area (Å²) in [6, 6.07) is 7.78. The number of benzene rings is 2. The van der Waals surface area contributed by atoms with Crippen molar-refractivity contribution in [2.45, 2.75) is 0 Å². The third kappa shape index (κ3) is 4.43. The van der Waals surface area contributed by atoms with E-state index in [2.05, 4.69) is 5.32 Å². The number of hydrogen-bond donors (Lipinski definition) is 1. The molecule has 0 saturated carbocycles. The summed E-state index contributed by atoms with van der Waals surface area (Å²) in [5.41, 5.74) is 1.12. The van der Waals surface area contributed by atoms with Gasteiger partial charge in [0.2, 0.25) is 5.75 Å². The quantitative estimate of drug-likeness (QED) is 0.816. The van der Waals surface area contributed by atoms with E-state index in [-0.39, 0.29) is 10.9 Å². The predicted molar refractivity (Wildman–Crippen MR) is 104 cm³/mol. The lowest BCUT2D eigenvalue weighted by Crippen LogP contribution is -2.22. The Labute approximate surface area is 162 Å². The van der Waals surface area contributed by atoms with Gasteiger partial charge in [-0.05, 0) is 30.3 Å². The Balaban J connectivity index is 2.30. The molecule has 2 rings (SSSR count). The number of hydrogen-bond acceptors (Lipinski definition) is 5. The van der Waals surface area contributed by atoms with Gasteiger partial charge in [-0.25, -0.2) is 0 Å². The number of nitrogens with one attached hydrogen (secondary N) is 1. The number of halogens is 1. The summed E-state index contributed by atoms with van der Waals surface area (Å²) in [5.74, 6) is 0.518. The van der Waals surface area contributed by atoms with Crippen LogP contribution in [-0.2, 0) is 0 Å². The predicted octanol–water partition coefficient (Wildman–Crippen LogP) is 3.32. The van der Waals surface area contributed by atoms with Gasteiger partial charge >= 0.3 is 0 Å². The van der Waals surface area contributed by atoms with E-state index in [1.165, 1.54) is 32.3 Å². The van der Waals surface area contributed by atoms with Crippen LogP contribution in [-0.4, -0.2) is 52.1 Å². The van der Waals surface area contributed by atoms with Crippen LogP contribution in [0.5, 0.6) is 17.2 Å². The molecule has 0 aliphatic rings. The molecule has 0 unspecified atom stereocenters. The first kappa shape index (κ1) is 20.4. The SMILES string of the molecule is COc1cc(C(=O)Nc2ccc(C(=O)N(C)C)c(Cl)c2)cc(OC)c1OC. The van der Waals surface area contributed by atoms with E-state index in [0.29, 0.717) is 34.1 Å². The standard InChI is InChI=1S/C19H21ClN2O5/c1-22(2)19(24)13-7-6-12(10-14(13)20)21-18(23)11-8-15(25-3)17(27-5)16(9-11)26-4/h6-10H,1-5H3,(H,21,23). The largest absolute Gasteiger partial charge is 0.493 e. The monoisotopic (exact) mass is 392 g/mol. The molecule has 0 aromatic heterocycles. The van der Waals surface area contributed by atoms with Crippen molar-refractivity contribution in [2.24, 2.45) is 0 Å². The molecule has 2 aromatic carbocycles. The molecule has 2 amide bonds. The second-order valence-corrected chi connectivity index (χ2v) is 6.17. The highest BCUT2D eigenvalue weighted by molar-refractivity contribution is 6.34. The Bertz CT molecular complexity index is 842. The van der Waals surface area contributed by atoms with Gasteiger partial charge in [-0.2, -0.15) is 0 Å². The van der Waals surface area contributed by atoms with Gasteiger partial charge in [0.25, 0.3) is 11.8 Å². The lowest BCUT2D eigenvalue weighted by atomic mass is 10.1. The molecule has 0 aliphatic carbocycles. The van der Waals surface area contributed by atoms with Gasteiger partial charge in [-0.1, -0.05) is 11.6 Å². The fraction of sp³-hybridized carbons (Fsp3) is 0.263. The summed E-state index contributed by atoms with van der Waals surface area (Å²) < 4.78 is 15.8. The van der Waals surface area contributed by atoms with Crippen molar-refractivity contribution in [3.05, 3.63) is 46.5 Å². The average Bonchev–Trinajstić information content (AvgIpc) is 2.66.